The molecule has 0 bridgehead atoms. The Morgan fingerprint density at radius 2 is 1.93 bits per heavy atom. The van der Waals surface area contributed by atoms with E-state index in [0.717, 1.165) is 11.8 Å². The molecule has 3 rings (SSSR count). The average molecular weight is 455 g/mol. The van der Waals surface area contributed by atoms with Crippen LogP contribution in [0.15, 0.2) is 63.7 Å². The first kappa shape index (κ1) is 20.8. The first-order valence-corrected chi connectivity index (χ1v) is 10.1. The number of carbonyl (C=O) groups excluding carboxylic acids is 1. The molecule has 1 N–H and O–H groups in total. The highest BCUT2D eigenvalue weighted by molar-refractivity contribution is 8.18. The summed E-state index contributed by atoms with van der Waals surface area (Å²) in [5.41, 5.74) is 1.20. The molecular weight excluding hydrogens is 441 g/mol. The van der Waals surface area contributed by atoms with Gasteiger partial charge in [0.15, 0.2) is 0 Å². The summed E-state index contributed by atoms with van der Waals surface area (Å²) in [7, 11) is 0. The molecular formula is C20H14Cl3NO3S. The maximum Gasteiger partial charge on any atom is 0.344 e. The number of ether oxygens (including phenoxy) is 1. The molecule has 1 heterocycles. The van der Waals surface area contributed by atoms with Crippen molar-refractivity contribution >= 4 is 69.3 Å². The number of hydrogen-bond donors (Lipinski definition) is 1. The SMILES string of the molecule is CCOC(=O)C1=C(O)/C(=C\c2ccc(Cl)cc2Cl)SC1=Nc1cccc(Cl)c1. The van der Waals surface area contributed by atoms with Crippen LogP contribution in [0.2, 0.25) is 15.1 Å². The lowest BCUT2D eigenvalue weighted by Gasteiger charge is -2.04. The summed E-state index contributed by atoms with van der Waals surface area (Å²) in [4.78, 5) is 17.3. The number of aliphatic hydroxyl groups is 1. The fraction of sp³-hybridized carbons (Fsp3) is 0.100. The van der Waals surface area contributed by atoms with Crippen LogP contribution in [0.3, 0.4) is 0 Å². The summed E-state index contributed by atoms with van der Waals surface area (Å²) in [5, 5.41) is 12.4. The zero-order valence-electron chi connectivity index (χ0n) is 14.6. The number of thioether (sulfide) groups is 1. The molecule has 1 aliphatic rings. The van der Waals surface area contributed by atoms with Crippen LogP contribution in [-0.2, 0) is 9.53 Å². The topological polar surface area (TPSA) is 58.9 Å². The molecule has 28 heavy (non-hydrogen) atoms. The van der Waals surface area contributed by atoms with Gasteiger partial charge in [-0.3, -0.25) is 0 Å². The Morgan fingerprint density at radius 3 is 2.61 bits per heavy atom. The van der Waals surface area contributed by atoms with E-state index in [1.54, 1.807) is 55.5 Å². The second-order valence-electron chi connectivity index (χ2n) is 5.62. The summed E-state index contributed by atoms with van der Waals surface area (Å²) >= 11 is 19.3. The zero-order valence-corrected chi connectivity index (χ0v) is 17.7. The van der Waals surface area contributed by atoms with Gasteiger partial charge < -0.3 is 9.84 Å². The highest BCUT2D eigenvalue weighted by atomic mass is 35.5. The first-order valence-electron chi connectivity index (χ1n) is 8.19. The van der Waals surface area contributed by atoms with Gasteiger partial charge in [-0.1, -0.05) is 58.7 Å². The van der Waals surface area contributed by atoms with E-state index in [0.29, 0.717) is 36.3 Å². The summed E-state index contributed by atoms with van der Waals surface area (Å²) in [6, 6.07) is 11.9. The Hall–Kier alpha value is -1.92. The summed E-state index contributed by atoms with van der Waals surface area (Å²) < 4.78 is 5.08. The number of rotatable bonds is 4. The first-order chi connectivity index (χ1) is 13.4. The van der Waals surface area contributed by atoms with Crippen molar-refractivity contribution in [3.05, 3.63) is 79.3 Å². The minimum Gasteiger partial charge on any atom is -0.506 e. The van der Waals surface area contributed by atoms with E-state index in [9.17, 15) is 9.90 Å². The highest BCUT2D eigenvalue weighted by Gasteiger charge is 2.33. The van der Waals surface area contributed by atoms with Gasteiger partial charge in [-0.15, -0.1) is 0 Å². The Kier molecular flexibility index (Phi) is 6.73. The van der Waals surface area contributed by atoms with Gasteiger partial charge in [-0.25, -0.2) is 9.79 Å². The molecule has 0 spiro atoms. The van der Waals surface area contributed by atoms with E-state index in [1.165, 1.54) is 0 Å². The minimum atomic E-state index is -0.654. The summed E-state index contributed by atoms with van der Waals surface area (Å²) in [6.07, 6.45) is 1.67. The van der Waals surface area contributed by atoms with Crippen molar-refractivity contribution in [1.29, 1.82) is 0 Å². The monoisotopic (exact) mass is 453 g/mol. The van der Waals surface area contributed by atoms with Crippen LogP contribution >= 0.6 is 46.6 Å². The molecule has 0 unspecified atom stereocenters. The third-order valence-corrected chi connectivity index (χ3v) is 5.48. The fourth-order valence-electron chi connectivity index (χ4n) is 2.41. The van der Waals surface area contributed by atoms with Crippen LogP contribution < -0.4 is 0 Å². The molecule has 2 aromatic rings. The molecule has 0 aromatic heterocycles. The van der Waals surface area contributed by atoms with Gasteiger partial charge in [0.2, 0.25) is 0 Å². The lowest BCUT2D eigenvalue weighted by Crippen LogP contribution is -2.12. The second-order valence-corrected chi connectivity index (χ2v) is 7.93. The second kappa shape index (κ2) is 9.05. The third-order valence-electron chi connectivity index (χ3n) is 3.66. The normalized spacial score (nSPS) is 16.9. The van der Waals surface area contributed by atoms with Crippen LogP contribution in [-0.4, -0.2) is 22.7 Å². The number of nitrogens with zero attached hydrogens (tertiary/aromatic N) is 1. The molecule has 0 saturated heterocycles. The van der Waals surface area contributed by atoms with Crippen molar-refractivity contribution in [2.45, 2.75) is 6.92 Å². The minimum absolute atomic E-state index is 0.00293. The number of benzene rings is 2. The van der Waals surface area contributed by atoms with E-state index >= 15 is 0 Å². The Bertz CT molecular complexity index is 1030. The number of hydrogen-bond acceptors (Lipinski definition) is 5. The molecule has 8 heteroatoms. The number of aliphatic hydroxyl groups excluding tert-OH is 1. The number of carbonyl (C=O) groups is 1. The van der Waals surface area contributed by atoms with Crippen molar-refractivity contribution in [3.63, 3.8) is 0 Å². The third kappa shape index (κ3) is 4.73. The predicted octanol–water partition coefficient (Wildman–Crippen LogP) is 6.84. The lowest BCUT2D eigenvalue weighted by atomic mass is 10.1. The summed E-state index contributed by atoms with van der Waals surface area (Å²) in [6.45, 7) is 1.86. The molecule has 2 aromatic carbocycles. The van der Waals surface area contributed by atoms with Crippen LogP contribution in [0.1, 0.15) is 12.5 Å². The smallest absolute Gasteiger partial charge is 0.344 e. The molecule has 1 aliphatic heterocycles. The number of aliphatic imine (C=N–C) groups is 1. The van der Waals surface area contributed by atoms with Crippen molar-refractivity contribution in [2.75, 3.05) is 6.61 Å². The largest absolute Gasteiger partial charge is 0.506 e. The molecule has 0 radical (unpaired) electrons. The fourth-order valence-corrected chi connectivity index (χ4v) is 4.09. The predicted molar refractivity (Wildman–Crippen MR) is 117 cm³/mol. The van der Waals surface area contributed by atoms with Crippen molar-refractivity contribution in [2.24, 2.45) is 4.99 Å². The van der Waals surface area contributed by atoms with Crippen LogP contribution in [0, 0.1) is 0 Å². The van der Waals surface area contributed by atoms with E-state index in [1.807, 2.05) is 0 Å². The molecule has 144 valence electrons. The van der Waals surface area contributed by atoms with Gasteiger partial charge in [0, 0.05) is 15.1 Å². The van der Waals surface area contributed by atoms with E-state index in [-0.39, 0.29) is 17.9 Å². The molecule has 4 nitrogen and oxygen atoms in total. The maximum atomic E-state index is 12.4. The number of esters is 1. The Morgan fingerprint density at radius 1 is 1.18 bits per heavy atom. The van der Waals surface area contributed by atoms with Gasteiger partial charge in [0.25, 0.3) is 0 Å². The van der Waals surface area contributed by atoms with E-state index < -0.39 is 5.97 Å². The van der Waals surface area contributed by atoms with Gasteiger partial charge in [0.1, 0.15) is 16.4 Å². The summed E-state index contributed by atoms with van der Waals surface area (Å²) in [5.74, 6) is -0.867. The van der Waals surface area contributed by atoms with E-state index in [2.05, 4.69) is 4.99 Å². The van der Waals surface area contributed by atoms with Gasteiger partial charge in [-0.05, 0) is 48.9 Å². The average Bonchev–Trinajstić information content (AvgIpc) is 2.93. The van der Waals surface area contributed by atoms with Crippen molar-refractivity contribution < 1.29 is 14.6 Å². The molecule has 0 fully saturated rings. The van der Waals surface area contributed by atoms with Crippen LogP contribution in [0.25, 0.3) is 6.08 Å². The Balaban J connectivity index is 2.07. The lowest BCUT2D eigenvalue weighted by molar-refractivity contribution is -0.138. The molecule has 0 atom stereocenters. The molecule has 0 aliphatic carbocycles. The van der Waals surface area contributed by atoms with Crippen molar-refractivity contribution in [1.82, 2.24) is 0 Å². The van der Waals surface area contributed by atoms with Gasteiger partial charge in [0.05, 0.1) is 17.2 Å². The molecule has 0 amide bonds. The molecule has 0 saturated carbocycles. The standard InChI is InChI=1S/C20H14Cl3NO3S/c1-2-27-20(26)17-18(25)16(8-11-6-7-13(22)10-15(11)23)28-19(17)24-14-5-3-4-12(21)9-14/h3-10,25H,2H2,1H3/b16-8+,24-19?. The highest BCUT2D eigenvalue weighted by Crippen LogP contribution is 2.41. The van der Waals surface area contributed by atoms with Crippen LogP contribution in [0.5, 0.6) is 0 Å². The number of halogens is 3. The quantitative estimate of drug-likeness (QED) is 0.514. The Labute approximate surface area is 181 Å². The van der Waals surface area contributed by atoms with E-state index in [4.69, 9.17) is 39.5 Å². The van der Waals surface area contributed by atoms with Crippen molar-refractivity contribution in [3.8, 4) is 0 Å². The maximum absolute atomic E-state index is 12.4. The van der Waals surface area contributed by atoms with Gasteiger partial charge >= 0.3 is 5.97 Å². The van der Waals surface area contributed by atoms with Gasteiger partial charge in [-0.2, -0.15) is 0 Å². The zero-order chi connectivity index (χ0) is 20.3. The van der Waals surface area contributed by atoms with Crippen LogP contribution in [0.4, 0.5) is 5.69 Å².